The van der Waals surface area contributed by atoms with Gasteiger partial charge in [0.1, 0.15) is 11.9 Å². The number of hydrazine groups is 1. The number of carboxylic acid groups (broad SMARTS) is 1. The number of likely N-dealkylation sites (N-methyl/N-ethyl adjacent to an activating group) is 1. The van der Waals surface area contributed by atoms with Crippen LogP contribution < -0.4 is 16.1 Å². The Bertz CT molecular complexity index is 1700. The van der Waals surface area contributed by atoms with Gasteiger partial charge in [-0.15, -0.1) is 0 Å². The van der Waals surface area contributed by atoms with Crippen LogP contribution in [0.3, 0.4) is 0 Å². The Kier molecular flexibility index (Phi) is 14.9. The SMILES string of the molecule is C[C@H](C=O)CC(CNN(Cc1ccc(-c2ccccn2)cc1)C[C@H](O)[C@H](Cc1ccccc1)NC(=O)[C@H]1C[C@@H](NC(=O)OC(C)(C)C)C1(C)C)N(C)C(=O)O. The van der Waals surface area contributed by atoms with Crippen LogP contribution in [-0.2, 0) is 27.3 Å². The smallest absolute Gasteiger partial charge is 0.407 e. The van der Waals surface area contributed by atoms with Crippen molar-refractivity contribution in [2.45, 2.75) is 97.2 Å². The molecular formula is C42H58N6O7. The monoisotopic (exact) mass is 758 g/mol. The molecule has 1 aliphatic rings. The van der Waals surface area contributed by atoms with Crippen molar-refractivity contribution in [3.8, 4) is 11.3 Å². The Morgan fingerprint density at radius 2 is 1.69 bits per heavy atom. The fraction of sp³-hybridized carbons (Fsp3) is 0.500. The third kappa shape index (κ3) is 12.6. The summed E-state index contributed by atoms with van der Waals surface area (Å²) in [4.78, 5) is 55.6. The highest BCUT2D eigenvalue weighted by atomic mass is 16.6. The number of hydrogen-bond acceptors (Lipinski definition) is 9. The van der Waals surface area contributed by atoms with E-state index in [9.17, 15) is 29.4 Å². The zero-order valence-electron chi connectivity index (χ0n) is 33.1. The van der Waals surface area contributed by atoms with Gasteiger partial charge in [-0.05, 0) is 68.7 Å². The number of aliphatic hydroxyl groups is 1. The van der Waals surface area contributed by atoms with Crippen LogP contribution >= 0.6 is 0 Å². The Morgan fingerprint density at radius 1 is 1.02 bits per heavy atom. The quantitative estimate of drug-likeness (QED) is 0.0848. The molecule has 1 aromatic heterocycles. The number of carbonyl (C=O) groups excluding carboxylic acids is 3. The number of alkyl carbamates (subject to hydrolysis) is 1. The predicted octanol–water partition coefficient (Wildman–Crippen LogP) is 5.29. The normalized spacial score (nSPS) is 18.6. The van der Waals surface area contributed by atoms with Gasteiger partial charge in [-0.25, -0.2) is 14.6 Å². The average Bonchev–Trinajstić information content (AvgIpc) is 3.14. The van der Waals surface area contributed by atoms with Crippen molar-refractivity contribution in [1.29, 1.82) is 0 Å². The zero-order chi connectivity index (χ0) is 40.3. The van der Waals surface area contributed by atoms with E-state index in [1.807, 2.05) is 91.7 Å². The summed E-state index contributed by atoms with van der Waals surface area (Å²) in [7, 11) is 1.47. The first-order chi connectivity index (χ1) is 26.0. The number of pyridine rings is 1. The molecule has 0 saturated heterocycles. The third-order valence-corrected chi connectivity index (χ3v) is 10.3. The standard InChI is InChI=1S/C42H58N6O7/c1-28(27-49)21-32(47(7)40(53)54)24-44-48(25-30-16-18-31(19-17-30)34-15-11-12-20-43-34)26-36(50)35(22-29-13-9-8-10-14-29)45-38(51)33-23-37(42(33,5)6)46-39(52)55-41(2,3)4/h8-20,27-28,32-33,35-37,44,50H,21-26H2,1-7H3,(H,45,51)(H,46,52)(H,53,54)/t28-,32?,33+,35-,36-,37+/m0/s1. The molecule has 55 heavy (non-hydrogen) atoms. The van der Waals surface area contributed by atoms with Crippen molar-refractivity contribution < 1.29 is 34.1 Å². The summed E-state index contributed by atoms with van der Waals surface area (Å²) in [6, 6.07) is 21.7. The van der Waals surface area contributed by atoms with E-state index in [0.717, 1.165) is 28.7 Å². The van der Waals surface area contributed by atoms with Crippen LogP contribution in [0.25, 0.3) is 11.3 Å². The van der Waals surface area contributed by atoms with Crippen LogP contribution in [0.2, 0.25) is 0 Å². The number of aromatic nitrogens is 1. The van der Waals surface area contributed by atoms with Crippen molar-refractivity contribution in [2.24, 2.45) is 17.3 Å². The molecule has 0 bridgehead atoms. The summed E-state index contributed by atoms with van der Waals surface area (Å²) in [5.74, 6) is -1.01. The number of nitrogens with zero attached hydrogens (tertiary/aromatic N) is 3. The fourth-order valence-electron chi connectivity index (χ4n) is 6.83. The molecule has 1 unspecified atom stereocenters. The topological polar surface area (TPSA) is 173 Å². The highest BCUT2D eigenvalue weighted by Crippen LogP contribution is 2.46. The van der Waals surface area contributed by atoms with Crippen LogP contribution in [-0.4, -0.2) is 99.5 Å². The molecule has 1 fully saturated rings. The van der Waals surface area contributed by atoms with Gasteiger partial charge in [-0.1, -0.05) is 81.4 Å². The Morgan fingerprint density at radius 3 is 2.27 bits per heavy atom. The predicted molar refractivity (Wildman–Crippen MR) is 211 cm³/mol. The molecule has 1 heterocycles. The summed E-state index contributed by atoms with van der Waals surface area (Å²) < 4.78 is 5.44. The van der Waals surface area contributed by atoms with Gasteiger partial charge >= 0.3 is 12.2 Å². The maximum absolute atomic E-state index is 13.9. The van der Waals surface area contributed by atoms with Crippen LogP contribution in [0.15, 0.2) is 79.0 Å². The Labute approximate surface area is 324 Å². The average molecular weight is 759 g/mol. The number of carbonyl (C=O) groups is 4. The number of ether oxygens (including phenoxy) is 1. The zero-order valence-corrected chi connectivity index (χ0v) is 33.1. The summed E-state index contributed by atoms with van der Waals surface area (Å²) >= 11 is 0. The molecule has 0 spiro atoms. The van der Waals surface area contributed by atoms with E-state index in [4.69, 9.17) is 4.74 Å². The van der Waals surface area contributed by atoms with Gasteiger partial charge in [-0.3, -0.25) is 15.2 Å². The molecule has 1 saturated carbocycles. The maximum Gasteiger partial charge on any atom is 0.407 e. The third-order valence-electron chi connectivity index (χ3n) is 10.3. The molecule has 13 nitrogen and oxygen atoms in total. The number of aliphatic hydroxyl groups excluding tert-OH is 1. The van der Waals surface area contributed by atoms with E-state index in [1.165, 1.54) is 11.9 Å². The molecule has 1 aliphatic carbocycles. The molecule has 2 aromatic carbocycles. The minimum Gasteiger partial charge on any atom is -0.465 e. The highest BCUT2D eigenvalue weighted by molar-refractivity contribution is 5.82. The van der Waals surface area contributed by atoms with Crippen LogP contribution in [0.1, 0.15) is 65.5 Å². The fourth-order valence-corrected chi connectivity index (χ4v) is 6.83. The second-order valence-electron chi connectivity index (χ2n) is 16.2. The molecule has 3 aromatic rings. The minimum absolute atomic E-state index is 0.0728. The number of amides is 3. The van der Waals surface area contributed by atoms with E-state index < -0.39 is 47.3 Å². The number of rotatable bonds is 18. The van der Waals surface area contributed by atoms with Crippen molar-refractivity contribution in [3.63, 3.8) is 0 Å². The van der Waals surface area contributed by atoms with Crippen LogP contribution in [0, 0.1) is 17.3 Å². The van der Waals surface area contributed by atoms with E-state index in [-0.39, 0.29) is 31.0 Å². The molecule has 0 radical (unpaired) electrons. The Balaban J connectivity index is 1.55. The first-order valence-corrected chi connectivity index (χ1v) is 18.9. The second kappa shape index (κ2) is 19.1. The summed E-state index contributed by atoms with van der Waals surface area (Å²) in [6.45, 7) is 11.6. The minimum atomic E-state index is -1.12. The molecule has 0 aliphatic heterocycles. The van der Waals surface area contributed by atoms with Gasteiger partial charge in [0.2, 0.25) is 5.91 Å². The van der Waals surface area contributed by atoms with Gasteiger partial charge in [0.25, 0.3) is 0 Å². The van der Waals surface area contributed by atoms with Crippen molar-refractivity contribution in [2.75, 3.05) is 20.1 Å². The van der Waals surface area contributed by atoms with Crippen LogP contribution in [0.5, 0.6) is 0 Å². The maximum atomic E-state index is 13.9. The molecule has 6 atom stereocenters. The number of nitrogens with one attached hydrogen (secondary N) is 3. The van der Waals surface area contributed by atoms with E-state index in [1.54, 1.807) is 33.9 Å². The molecule has 4 rings (SSSR count). The first-order valence-electron chi connectivity index (χ1n) is 18.9. The molecular weight excluding hydrogens is 700 g/mol. The lowest BCUT2D eigenvalue weighted by Crippen LogP contribution is -2.64. The summed E-state index contributed by atoms with van der Waals surface area (Å²) in [5.41, 5.74) is 5.78. The summed E-state index contributed by atoms with van der Waals surface area (Å²) in [5, 5.41) is 29.6. The summed E-state index contributed by atoms with van der Waals surface area (Å²) in [6.07, 6.45) is 0.925. The lowest BCUT2D eigenvalue weighted by molar-refractivity contribution is -0.139. The lowest BCUT2D eigenvalue weighted by atomic mass is 9.58. The number of aldehydes is 1. The van der Waals surface area contributed by atoms with Crippen LogP contribution in [0.4, 0.5) is 9.59 Å². The molecule has 3 amide bonds. The van der Waals surface area contributed by atoms with Gasteiger partial charge in [0.05, 0.1) is 17.8 Å². The molecule has 13 heteroatoms. The van der Waals surface area contributed by atoms with Gasteiger partial charge in [0, 0.05) is 62.4 Å². The Hall–Kier alpha value is -4.85. The molecule has 5 N–H and O–H groups in total. The van der Waals surface area contributed by atoms with Crippen molar-refractivity contribution in [1.82, 2.24) is 31.0 Å². The van der Waals surface area contributed by atoms with Gasteiger partial charge in [0.15, 0.2) is 0 Å². The van der Waals surface area contributed by atoms with E-state index in [0.29, 0.717) is 25.8 Å². The lowest BCUT2D eigenvalue weighted by Gasteiger charge is -2.51. The van der Waals surface area contributed by atoms with Gasteiger partial charge < -0.3 is 35.3 Å². The number of benzene rings is 2. The highest BCUT2D eigenvalue weighted by Gasteiger charge is 2.53. The van der Waals surface area contributed by atoms with E-state index in [2.05, 4.69) is 21.0 Å². The van der Waals surface area contributed by atoms with Gasteiger partial charge in [-0.2, -0.15) is 0 Å². The number of hydrogen-bond donors (Lipinski definition) is 5. The second-order valence-corrected chi connectivity index (χ2v) is 16.2. The largest absolute Gasteiger partial charge is 0.465 e. The first kappa shape index (κ1) is 42.9. The van der Waals surface area contributed by atoms with Crippen molar-refractivity contribution >= 4 is 24.4 Å². The molecule has 298 valence electrons. The van der Waals surface area contributed by atoms with E-state index >= 15 is 0 Å². The van der Waals surface area contributed by atoms with Crippen molar-refractivity contribution in [3.05, 3.63) is 90.1 Å².